The summed E-state index contributed by atoms with van der Waals surface area (Å²) in [7, 11) is 0. The quantitative estimate of drug-likeness (QED) is 0.858. The van der Waals surface area contributed by atoms with Crippen LogP contribution in [-0.4, -0.2) is 40.1 Å². The number of nitrogens with zero attached hydrogens (tertiary/aromatic N) is 1. The van der Waals surface area contributed by atoms with Gasteiger partial charge >= 0.3 is 5.97 Å². The van der Waals surface area contributed by atoms with Gasteiger partial charge in [0.1, 0.15) is 11.0 Å². The first-order valence-electron chi connectivity index (χ1n) is 7.41. The van der Waals surface area contributed by atoms with E-state index in [0.717, 1.165) is 5.56 Å². The number of hydrogen-bond donors (Lipinski definition) is 1. The van der Waals surface area contributed by atoms with Crippen molar-refractivity contribution in [3.05, 3.63) is 48.0 Å². The Hall–Kier alpha value is -2.14. The first-order chi connectivity index (χ1) is 10.5. The fourth-order valence-corrected chi connectivity index (χ4v) is 4.11. The molecule has 5 heteroatoms. The average Bonchev–Trinajstić information content (AvgIpc) is 3.10. The summed E-state index contributed by atoms with van der Waals surface area (Å²) in [5.41, 5.74) is -0.927. The second-order valence-electron chi connectivity index (χ2n) is 6.55. The highest BCUT2D eigenvalue weighted by Crippen LogP contribution is 2.58. The third-order valence-electron chi connectivity index (χ3n) is 5.25. The van der Waals surface area contributed by atoms with Gasteiger partial charge < -0.3 is 14.7 Å². The van der Waals surface area contributed by atoms with E-state index in [1.54, 1.807) is 17.9 Å². The Morgan fingerprint density at radius 3 is 2.82 bits per heavy atom. The minimum atomic E-state index is -1.18. The number of benzene rings is 1. The van der Waals surface area contributed by atoms with Crippen LogP contribution in [0.2, 0.25) is 0 Å². The van der Waals surface area contributed by atoms with Gasteiger partial charge in [-0.1, -0.05) is 42.5 Å². The largest absolute Gasteiger partial charge is 0.481 e. The number of likely N-dealkylation sites (tertiary alicyclic amines) is 1. The average molecular weight is 299 g/mol. The molecule has 0 aromatic heterocycles. The molecule has 3 heterocycles. The molecule has 0 saturated carbocycles. The van der Waals surface area contributed by atoms with Crippen molar-refractivity contribution in [2.45, 2.75) is 25.2 Å². The molecule has 3 aliphatic rings. The summed E-state index contributed by atoms with van der Waals surface area (Å²) in [6, 6.07) is 9.71. The van der Waals surface area contributed by atoms with Crippen LogP contribution in [0.25, 0.3) is 0 Å². The minimum Gasteiger partial charge on any atom is -0.481 e. The molecule has 1 aromatic carbocycles. The lowest BCUT2D eigenvalue weighted by atomic mass is 9.66. The molecular formula is C17H17NO4. The lowest BCUT2D eigenvalue weighted by Crippen LogP contribution is -2.47. The summed E-state index contributed by atoms with van der Waals surface area (Å²) in [6.07, 6.45) is 3.16. The van der Waals surface area contributed by atoms with Crippen molar-refractivity contribution >= 4 is 11.9 Å². The van der Waals surface area contributed by atoms with Gasteiger partial charge in [0, 0.05) is 6.54 Å². The van der Waals surface area contributed by atoms with Crippen molar-refractivity contribution in [1.29, 1.82) is 0 Å². The monoisotopic (exact) mass is 299 g/mol. The van der Waals surface area contributed by atoms with Gasteiger partial charge in [0.15, 0.2) is 0 Å². The van der Waals surface area contributed by atoms with Crippen molar-refractivity contribution in [2.75, 3.05) is 6.54 Å². The lowest BCUT2D eigenvalue weighted by molar-refractivity contribution is -0.156. The zero-order valence-corrected chi connectivity index (χ0v) is 12.2. The number of carboxylic acid groups (broad SMARTS) is 1. The number of carbonyl (C=O) groups is 2. The normalized spacial score (nSPS) is 38.6. The Kier molecular flexibility index (Phi) is 2.58. The summed E-state index contributed by atoms with van der Waals surface area (Å²) < 4.78 is 5.94. The smallest absolute Gasteiger partial charge is 0.313 e. The molecule has 1 aromatic rings. The van der Waals surface area contributed by atoms with Crippen molar-refractivity contribution in [1.82, 2.24) is 4.90 Å². The van der Waals surface area contributed by atoms with Gasteiger partial charge in [-0.2, -0.15) is 0 Å². The Morgan fingerprint density at radius 2 is 2.14 bits per heavy atom. The predicted molar refractivity (Wildman–Crippen MR) is 77.8 cm³/mol. The van der Waals surface area contributed by atoms with Gasteiger partial charge in [0.2, 0.25) is 5.91 Å². The maximum absolute atomic E-state index is 12.8. The molecule has 0 radical (unpaired) electrons. The van der Waals surface area contributed by atoms with Crippen molar-refractivity contribution in [3.8, 4) is 0 Å². The summed E-state index contributed by atoms with van der Waals surface area (Å²) in [6.45, 7) is 2.52. The maximum Gasteiger partial charge on any atom is 0.313 e. The molecule has 1 spiro atoms. The molecule has 1 amide bonds. The van der Waals surface area contributed by atoms with Crippen LogP contribution >= 0.6 is 0 Å². The van der Waals surface area contributed by atoms with Gasteiger partial charge in [-0.15, -0.1) is 0 Å². The van der Waals surface area contributed by atoms with Gasteiger partial charge in [-0.05, 0) is 12.5 Å². The zero-order chi connectivity index (χ0) is 15.5. The van der Waals surface area contributed by atoms with Gasteiger partial charge in [0.05, 0.1) is 18.6 Å². The topological polar surface area (TPSA) is 66.8 Å². The van der Waals surface area contributed by atoms with E-state index in [2.05, 4.69) is 0 Å². The fraction of sp³-hybridized carbons (Fsp3) is 0.412. The molecule has 1 N–H and O–H groups in total. The first-order valence-corrected chi connectivity index (χ1v) is 7.41. The molecular weight excluding hydrogens is 282 g/mol. The molecule has 5 nitrogen and oxygen atoms in total. The molecule has 0 aliphatic carbocycles. The molecule has 22 heavy (non-hydrogen) atoms. The second-order valence-corrected chi connectivity index (χ2v) is 6.55. The van der Waals surface area contributed by atoms with E-state index < -0.39 is 29.0 Å². The van der Waals surface area contributed by atoms with Crippen molar-refractivity contribution in [2.24, 2.45) is 11.3 Å². The summed E-state index contributed by atoms with van der Waals surface area (Å²) in [5, 5.41) is 9.65. The standard InChI is InChI=1S/C17H17NO4/c1-16(15(20)21)12-7-8-17(22-12)10-18(14(19)13(16)17)9-11-5-3-2-4-6-11/h2-8,12-13H,9-10H2,1H3,(H,20,21)/t12-,13+,16+,17-/m0/s1. The van der Waals surface area contributed by atoms with Crippen LogP contribution < -0.4 is 0 Å². The highest BCUT2D eigenvalue weighted by Gasteiger charge is 2.72. The fourth-order valence-electron chi connectivity index (χ4n) is 4.11. The highest BCUT2D eigenvalue weighted by molar-refractivity contribution is 5.93. The van der Waals surface area contributed by atoms with E-state index in [1.807, 2.05) is 36.4 Å². The lowest BCUT2D eigenvalue weighted by Gasteiger charge is -2.30. The number of amides is 1. The van der Waals surface area contributed by atoms with Crippen LogP contribution in [0.15, 0.2) is 42.5 Å². The third kappa shape index (κ3) is 1.52. The molecule has 2 fully saturated rings. The predicted octanol–water partition coefficient (Wildman–Crippen LogP) is 1.44. The van der Waals surface area contributed by atoms with E-state index in [9.17, 15) is 14.7 Å². The zero-order valence-electron chi connectivity index (χ0n) is 12.2. The minimum absolute atomic E-state index is 0.124. The van der Waals surface area contributed by atoms with Gasteiger partial charge in [-0.25, -0.2) is 0 Å². The van der Waals surface area contributed by atoms with Crippen LogP contribution in [0, 0.1) is 11.3 Å². The van der Waals surface area contributed by atoms with E-state index in [4.69, 9.17) is 4.74 Å². The van der Waals surface area contributed by atoms with Crippen LogP contribution in [-0.2, 0) is 20.9 Å². The molecule has 3 aliphatic heterocycles. The Balaban J connectivity index is 1.68. The highest BCUT2D eigenvalue weighted by atomic mass is 16.5. The molecule has 2 saturated heterocycles. The van der Waals surface area contributed by atoms with Crippen molar-refractivity contribution < 1.29 is 19.4 Å². The van der Waals surface area contributed by atoms with Crippen molar-refractivity contribution in [3.63, 3.8) is 0 Å². The van der Waals surface area contributed by atoms with E-state index in [1.165, 1.54) is 0 Å². The Labute approximate surface area is 128 Å². The van der Waals surface area contributed by atoms with E-state index >= 15 is 0 Å². The van der Waals surface area contributed by atoms with Crippen LogP contribution in [0.3, 0.4) is 0 Å². The molecule has 0 unspecified atom stereocenters. The number of fused-ring (bicyclic) bond motifs is 1. The number of hydrogen-bond acceptors (Lipinski definition) is 3. The van der Waals surface area contributed by atoms with Gasteiger partial charge in [0.25, 0.3) is 0 Å². The van der Waals surface area contributed by atoms with E-state index in [0.29, 0.717) is 13.1 Å². The molecule has 4 rings (SSSR count). The summed E-state index contributed by atoms with van der Waals surface area (Å²) in [5.74, 6) is -1.74. The first kappa shape index (κ1) is 13.5. The van der Waals surface area contributed by atoms with Crippen LogP contribution in [0.1, 0.15) is 12.5 Å². The van der Waals surface area contributed by atoms with Gasteiger partial charge in [-0.3, -0.25) is 9.59 Å². The number of rotatable bonds is 3. The van der Waals surface area contributed by atoms with Crippen LogP contribution in [0.5, 0.6) is 0 Å². The number of carbonyl (C=O) groups excluding carboxylic acids is 1. The SMILES string of the molecule is C[C@@]1(C(=O)O)[C@@H]2C=C[C@@]3(CN(Cc4ccccc4)C(=O)[C@H]13)O2. The summed E-state index contributed by atoms with van der Waals surface area (Å²) >= 11 is 0. The number of ether oxygens (including phenoxy) is 1. The molecule has 2 bridgehead atoms. The summed E-state index contributed by atoms with van der Waals surface area (Å²) in [4.78, 5) is 26.3. The number of aliphatic carboxylic acids is 1. The van der Waals surface area contributed by atoms with E-state index in [-0.39, 0.29) is 5.91 Å². The van der Waals surface area contributed by atoms with Crippen LogP contribution in [0.4, 0.5) is 0 Å². The molecule has 114 valence electrons. The molecule has 4 atom stereocenters. The Morgan fingerprint density at radius 1 is 1.41 bits per heavy atom. The number of carboxylic acids is 1. The Bertz CT molecular complexity index is 685. The second kappa shape index (κ2) is 4.20. The third-order valence-corrected chi connectivity index (χ3v) is 5.25. The maximum atomic E-state index is 12.8.